The van der Waals surface area contributed by atoms with Crippen LogP contribution in [0.15, 0.2) is 30.5 Å². The SMILES string of the molecule is Cn1nc(C(F)(F)F)cc1-c1cnc(NC(=O)c2c(F)cccc2F)s1. The number of benzene rings is 1. The van der Waals surface area contributed by atoms with Crippen LogP contribution >= 0.6 is 11.3 Å². The number of aromatic nitrogens is 3. The van der Waals surface area contributed by atoms with E-state index in [9.17, 15) is 26.7 Å². The van der Waals surface area contributed by atoms with Gasteiger partial charge in [-0.3, -0.25) is 14.8 Å². The molecule has 0 saturated heterocycles. The molecule has 0 saturated carbocycles. The zero-order valence-electron chi connectivity index (χ0n) is 12.9. The first-order valence-electron chi connectivity index (χ1n) is 6.99. The lowest BCUT2D eigenvalue weighted by molar-refractivity contribution is -0.141. The summed E-state index contributed by atoms with van der Waals surface area (Å²) in [6.07, 6.45) is -3.37. The fourth-order valence-electron chi connectivity index (χ4n) is 2.16. The third-order valence-electron chi connectivity index (χ3n) is 3.34. The van der Waals surface area contributed by atoms with Gasteiger partial charge in [0, 0.05) is 13.2 Å². The van der Waals surface area contributed by atoms with E-state index in [1.54, 1.807) is 0 Å². The molecule has 2 heterocycles. The van der Waals surface area contributed by atoms with Gasteiger partial charge >= 0.3 is 6.18 Å². The number of nitrogens with one attached hydrogen (secondary N) is 1. The van der Waals surface area contributed by atoms with Crippen molar-refractivity contribution in [2.24, 2.45) is 7.05 Å². The molecule has 3 rings (SSSR count). The van der Waals surface area contributed by atoms with Crippen LogP contribution in [0.25, 0.3) is 10.6 Å². The number of hydrogen-bond acceptors (Lipinski definition) is 4. The Labute approximate surface area is 147 Å². The van der Waals surface area contributed by atoms with Crippen molar-refractivity contribution in [3.8, 4) is 10.6 Å². The Hall–Kier alpha value is -2.82. The molecular formula is C15H9F5N4OS. The highest BCUT2D eigenvalue weighted by Gasteiger charge is 2.35. The molecule has 0 aliphatic rings. The number of halogens is 5. The van der Waals surface area contributed by atoms with Crippen LogP contribution in [0.2, 0.25) is 0 Å². The number of aryl methyl sites for hydroxylation is 1. The first-order chi connectivity index (χ1) is 12.2. The monoisotopic (exact) mass is 388 g/mol. The second-order valence-corrected chi connectivity index (χ2v) is 6.15. The van der Waals surface area contributed by atoms with Gasteiger partial charge in [-0.1, -0.05) is 17.4 Å². The van der Waals surface area contributed by atoms with Crippen LogP contribution in [0.4, 0.5) is 27.1 Å². The van der Waals surface area contributed by atoms with Gasteiger partial charge in [0.15, 0.2) is 10.8 Å². The molecule has 0 bridgehead atoms. The van der Waals surface area contributed by atoms with E-state index in [4.69, 9.17) is 0 Å². The van der Waals surface area contributed by atoms with Gasteiger partial charge < -0.3 is 0 Å². The lowest BCUT2D eigenvalue weighted by Crippen LogP contribution is -2.15. The molecule has 1 amide bonds. The van der Waals surface area contributed by atoms with Gasteiger partial charge in [0.2, 0.25) is 0 Å². The van der Waals surface area contributed by atoms with Crippen molar-refractivity contribution in [3.63, 3.8) is 0 Å². The second-order valence-electron chi connectivity index (χ2n) is 5.12. The summed E-state index contributed by atoms with van der Waals surface area (Å²) in [4.78, 5) is 16.2. The maximum atomic E-state index is 13.6. The summed E-state index contributed by atoms with van der Waals surface area (Å²) in [5.74, 6) is -3.14. The van der Waals surface area contributed by atoms with Gasteiger partial charge in [-0.15, -0.1) is 0 Å². The predicted octanol–water partition coefficient (Wildman–Crippen LogP) is 4.09. The average molecular weight is 388 g/mol. The molecule has 0 spiro atoms. The summed E-state index contributed by atoms with van der Waals surface area (Å²) in [6.45, 7) is 0. The number of rotatable bonds is 3. The van der Waals surface area contributed by atoms with E-state index >= 15 is 0 Å². The lowest BCUT2D eigenvalue weighted by atomic mass is 10.2. The summed E-state index contributed by atoms with van der Waals surface area (Å²) in [5, 5.41) is 5.58. The number of thiazole rings is 1. The second kappa shape index (κ2) is 6.48. The van der Waals surface area contributed by atoms with E-state index in [1.165, 1.54) is 13.2 Å². The minimum absolute atomic E-state index is 0.0255. The summed E-state index contributed by atoms with van der Waals surface area (Å²) >= 11 is 0.843. The quantitative estimate of drug-likeness (QED) is 0.688. The first kappa shape index (κ1) is 18.0. The van der Waals surface area contributed by atoms with Crippen LogP contribution in [0.1, 0.15) is 16.1 Å². The van der Waals surface area contributed by atoms with E-state index in [2.05, 4.69) is 15.4 Å². The maximum absolute atomic E-state index is 13.6. The van der Waals surface area contributed by atoms with Gasteiger partial charge in [0.05, 0.1) is 10.6 Å². The van der Waals surface area contributed by atoms with Gasteiger partial charge in [0.25, 0.3) is 5.91 Å². The number of carbonyl (C=O) groups is 1. The Balaban J connectivity index is 1.85. The Morgan fingerprint density at radius 2 is 1.88 bits per heavy atom. The molecule has 3 aromatic rings. The molecule has 26 heavy (non-hydrogen) atoms. The number of amides is 1. The van der Waals surface area contributed by atoms with Crippen LogP contribution in [0.3, 0.4) is 0 Å². The van der Waals surface area contributed by atoms with Gasteiger partial charge in [-0.2, -0.15) is 18.3 Å². The highest BCUT2D eigenvalue weighted by Crippen LogP contribution is 2.34. The summed E-state index contributed by atoms with van der Waals surface area (Å²) < 4.78 is 66.4. The van der Waals surface area contributed by atoms with Crippen molar-refractivity contribution < 1.29 is 26.7 Å². The minimum atomic E-state index is -4.60. The Kier molecular flexibility index (Phi) is 4.48. The molecule has 1 aromatic carbocycles. The van der Waals surface area contributed by atoms with Crippen molar-refractivity contribution in [2.75, 3.05) is 5.32 Å². The molecule has 2 aromatic heterocycles. The van der Waals surface area contributed by atoms with Crippen molar-refractivity contribution in [2.45, 2.75) is 6.18 Å². The van der Waals surface area contributed by atoms with E-state index in [1.807, 2.05) is 0 Å². The molecule has 11 heteroatoms. The van der Waals surface area contributed by atoms with Crippen molar-refractivity contribution >= 4 is 22.4 Å². The van der Waals surface area contributed by atoms with Crippen LogP contribution in [0, 0.1) is 11.6 Å². The largest absolute Gasteiger partial charge is 0.435 e. The van der Waals surface area contributed by atoms with Crippen molar-refractivity contribution in [1.82, 2.24) is 14.8 Å². The average Bonchev–Trinajstić information content (AvgIpc) is 3.13. The van der Waals surface area contributed by atoms with Crippen LogP contribution in [0.5, 0.6) is 0 Å². The van der Waals surface area contributed by atoms with Crippen molar-refractivity contribution in [1.29, 1.82) is 0 Å². The highest BCUT2D eigenvalue weighted by molar-refractivity contribution is 7.19. The molecule has 0 atom stereocenters. The topological polar surface area (TPSA) is 59.8 Å². The third-order valence-corrected chi connectivity index (χ3v) is 4.27. The van der Waals surface area contributed by atoms with Crippen LogP contribution in [-0.4, -0.2) is 20.7 Å². The fourth-order valence-corrected chi connectivity index (χ4v) is 3.02. The summed E-state index contributed by atoms with van der Waals surface area (Å²) in [5.41, 5.74) is -1.71. The van der Waals surface area contributed by atoms with Gasteiger partial charge in [-0.05, 0) is 18.2 Å². The number of nitrogens with zero attached hydrogens (tertiary/aromatic N) is 3. The van der Waals surface area contributed by atoms with Gasteiger partial charge in [0.1, 0.15) is 17.2 Å². The zero-order valence-corrected chi connectivity index (χ0v) is 13.8. The number of alkyl halides is 3. The normalized spacial score (nSPS) is 11.6. The van der Waals surface area contributed by atoms with Crippen LogP contribution < -0.4 is 5.32 Å². The van der Waals surface area contributed by atoms with Crippen molar-refractivity contribution in [3.05, 3.63) is 53.4 Å². The van der Waals surface area contributed by atoms with E-state index in [-0.39, 0.29) is 10.8 Å². The Morgan fingerprint density at radius 1 is 1.23 bits per heavy atom. The maximum Gasteiger partial charge on any atom is 0.435 e. The van der Waals surface area contributed by atoms with E-state index in [0.29, 0.717) is 4.88 Å². The molecule has 0 radical (unpaired) electrons. The van der Waals surface area contributed by atoms with Gasteiger partial charge in [-0.25, -0.2) is 13.8 Å². The lowest BCUT2D eigenvalue weighted by Gasteiger charge is -2.04. The number of anilines is 1. The standard InChI is InChI=1S/C15H9F5N4OS/c1-24-9(5-11(23-24)15(18,19)20)10-6-21-14(26-10)22-13(25)12-7(16)3-2-4-8(12)17/h2-6H,1H3,(H,21,22,25). The first-order valence-corrected chi connectivity index (χ1v) is 7.81. The molecule has 0 fully saturated rings. The third kappa shape index (κ3) is 3.43. The molecule has 1 N–H and O–H groups in total. The summed E-state index contributed by atoms with van der Waals surface area (Å²) in [6, 6.07) is 3.82. The molecule has 0 unspecified atom stereocenters. The Morgan fingerprint density at radius 3 is 2.46 bits per heavy atom. The number of carbonyl (C=O) groups excluding carboxylic acids is 1. The molecule has 136 valence electrons. The van der Waals surface area contributed by atoms with E-state index in [0.717, 1.165) is 40.3 Å². The minimum Gasteiger partial charge on any atom is -0.298 e. The predicted molar refractivity (Wildman–Crippen MR) is 83.6 cm³/mol. The summed E-state index contributed by atoms with van der Waals surface area (Å²) in [7, 11) is 1.33. The molecule has 0 aliphatic heterocycles. The zero-order chi connectivity index (χ0) is 19.1. The number of hydrogen-bond donors (Lipinski definition) is 1. The Bertz CT molecular complexity index is 959. The highest BCUT2D eigenvalue weighted by atomic mass is 32.1. The smallest absolute Gasteiger partial charge is 0.298 e. The molecule has 0 aliphatic carbocycles. The molecular weight excluding hydrogens is 379 g/mol. The van der Waals surface area contributed by atoms with Crippen LogP contribution in [-0.2, 0) is 13.2 Å². The van der Waals surface area contributed by atoms with E-state index < -0.39 is 35.0 Å². The fraction of sp³-hybridized carbons (Fsp3) is 0.133. The molecule has 5 nitrogen and oxygen atoms in total.